The van der Waals surface area contributed by atoms with Gasteiger partial charge in [-0.05, 0) is 37.3 Å². The average molecular weight is 342 g/mol. The van der Waals surface area contributed by atoms with Gasteiger partial charge in [0.25, 0.3) is 0 Å². The van der Waals surface area contributed by atoms with Gasteiger partial charge in [0.05, 0.1) is 23.6 Å². The van der Waals surface area contributed by atoms with E-state index in [2.05, 4.69) is 60.8 Å². The standard InChI is InChI=1S/C20H30N4O/c1-7-16-8-10-17(11-9-16)19(13(2)3)21-12-18(25)22-20-14(4)23-24(6)15(20)5/h8-11,13,19,21H,7,12H2,1-6H3,(H,22,25)/t19-/m0/s1. The maximum absolute atomic E-state index is 12.4. The largest absolute Gasteiger partial charge is 0.322 e. The topological polar surface area (TPSA) is 59.0 Å². The predicted octanol–water partition coefficient (Wildman–Crippen LogP) is 3.52. The number of amides is 1. The maximum atomic E-state index is 12.4. The van der Waals surface area contributed by atoms with Gasteiger partial charge in [0.1, 0.15) is 0 Å². The van der Waals surface area contributed by atoms with Gasteiger partial charge in [-0.2, -0.15) is 5.10 Å². The number of aromatic nitrogens is 2. The Morgan fingerprint density at radius 3 is 2.32 bits per heavy atom. The zero-order chi connectivity index (χ0) is 18.6. The summed E-state index contributed by atoms with van der Waals surface area (Å²) in [6.07, 6.45) is 1.03. The highest BCUT2D eigenvalue weighted by Gasteiger charge is 2.18. The molecule has 2 N–H and O–H groups in total. The molecule has 0 radical (unpaired) electrons. The summed E-state index contributed by atoms with van der Waals surface area (Å²) in [5, 5.41) is 10.7. The lowest BCUT2D eigenvalue weighted by Gasteiger charge is -2.23. The zero-order valence-corrected chi connectivity index (χ0v) is 16.2. The van der Waals surface area contributed by atoms with Crippen LogP contribution in [0.15, 0.2) is 24.3 Å². The summed E-state index contributed by atoms with van der Waals surface area (Å²) in [6, 6.07) is 8.78. The molecule has 0 aliphatic heterocycles. The smallest absolute Gasteiger partial charge is 0.238 e. The average Bonchev–Trinajstić information content (AvgIpc) is 2.81. The molecule has 25 heavy (non-hydrogen) atoms. The van der Waals surface area contributed by atoms with E-state index in [1.54, 1.807) is 4.68 Å². The summed E-state index contributed by atoms with van der Waals surface area (Å²) in [5.74, 6) is 0.345. The molecule has 1 atom stereocenters. The molecule has 0 aliphatic rings. The van der Waals surface area contributed by atoms with Crippen molar-refractivity contribution in [3.8, 4) is 0 Å². The van der Waals surface area contributed by atoms with E-state index in [1.807, 2.05) is 20.9 Å². The number of benzene rings is 1. The molecule has 136 valence electrons. The minimum atomic E-state index is -0.0463. The summed E-state index contributed by atoms with van der Waals surface area (Å²) in [4.78, 5) is 12.4. The molecular weight excluding hydrogens is 312 g/mol. The van der Waals surface area contributed by atoms with Crippen molar-refractivity contribution in [2.24, 2.45) is 13.0 Å². The second-order valence-electron chi connectivity index (χ2n) is 6.92. The van der Waals surface area contributed by atoms with Gasteiger partial charge >= 0.3 is 0 Å². The summed E-state index contributed by atoms with van der Waals surface area (Å²) in [7, 11) is 1.88. The number of carbonyl (C=O) groups excluding carboxylic acids is 1. The number of hydrogen-bond donors (Lipinski definition) is 2. The molecule has 0 spiro atoms. The summed E-state index contributed by atoms with van der Waals surface area (Å²) >= 11 is 0. The first-order chi connectivity index (χ1) is 11.8. The Hall–Kier alpha value is -2.14. The van der Waals surface area contributed by atoms with Crippen LogP contribution in [0.5, 0.6) is 0 Å². The maximum Gasteiger partial charge on any atom is 0.238 e. The lowest BCUT2D eigenvalue weighted by atomic mass is 9.95. The van der Waals surface area contributed by atoms with Gasteiger partial charge in [-0.15, -0.1) is 0 Å². The minimum absolute atomic E-state index is 0.0463. The quantitative estimate of drug-likeness (QED) is 0.809. The Morgan fingerprint density at radius 2 is 1.84 bits per heavy atom. The van der Waals surface area contributed by atoms with Gasteiger partial charge in [-0.1, -0.05) is 45.0 Å². The molecule has 1 heterocycles. The molecule has 5 heteroatoms. The van der Waals surface area contributed by atoms with Crippen LogP contribution in [-0.2, 0) is 18.3 Å². The van der Waals surface area contributed by atoms with Crippen LogP contribution in [0.2, 0.25) is 0 Å². The second kappa shape index (κ2) is 8.30. The number of carbonyl (C=O) groups is 1. The van der Waals surface area contributed by atoms with Crippen LogP contribution >= 0.6 is 0 Å². The number of aryl methyl sites for hydroxylation is 3. The van der Waals surface area contributed by atoms with E-state index < -0.39 is 0 Å². The highest BCUT2D eigenvalue weighted by atomic mass is 16.1. The van der Waals surface area contributed by atoms with Crippen molar-refractivity contribution in [1.82, 2.24) is 15.1 Å². The number of hydrogen-bond acceptors (Lipinski definition) is 3. The van der Waals surface area contributed by atoms with Crippen LogP contribution in [-0.4, -0.2) is 22.2 Å². The monoisotopic (exact) mass is 342 g/mol. The summed E-state index contributed by atoms with van der Waals surface area (Å²) in [6.45, 7) is 10.6. The van der Waals surface area contributed by atoms with Gasteiger partial charge in [0, 0.05) is 13.1 Å². The zero-order valence-electron chi connectivity index (χ0n) is 16.2. The van der Waals surface area contributed by atoms with Crippen LogP contribution in [0, 0.1) is 19.8 Å². The van der Waals surface area contributed by atoms with Gasteiger partial charge in [0.2, 0.25) is 5.91 Å². The minimum Gasteiger partial charge on any atom is -0.322 e. The van der Waals surface area contributed by atoms with Crippen molar-refractivity contribution in [1.29, 1.82) is 0 Å². The van der Waals surface area contributed by atoms with Gasteiger partial charge in [-0.3, -0.25) is 9.48 Å². The number of anilines is 1. The van der Waals surface area contributed by atoms with Crippen molar-refractivity contribution in [2.75, 3.05) is 11.9 Å². The van der Waals surface area contributed by atoms with E-state index in [-0.39, 0.29) is 18.5 Å². The number of nitrogens with zero attached hydrogens (tertiary/aromatic N) is 2. The molecule has 1 aromatic carbocycles. The highest BCUT2D eigenvalue weighted by molar-refractivity contribution is 5.93. The van der Waals surface area contributed by atoms with Gasteiger partial charge in [-0.25, -0.2) is 0 Å². The SMILES string of the molecule is CCc1ccc([C@@H](NCC(=O)Nc2c(C)nn(C)c2C)C(C)C)cc1. The summed E-state index contributed by atoms with van der Waals surface area (Å²) < 4.78 is 1.78. The van der Waals surface area contributed by atoms with E-state index in [4.69, 9.17) is 0 Å². The molecule has 1 aromatic heterocycles. The number of nitrogens with one attached hydrogen (secondary N) is 2. The Balaban J connectivity index is 2.01. The lowest BCUT2D eigenvalue weighted by Crippen LogP contribution is -2.33. The van der Waals surface area contributed by atoms with Crippen molar-refractivity contribution >= 4 is 11.6 Å². The van der Waals surface area contributed by atoms with Gasteiger partial charge in [0.15, 0.2) is 0 Å². The molecule has 2 rings (SSSR count). The Morgan fingerprint density at radius 1 is 1.20 bits per heavy atom. The fourth-order valence-corrected chi connectivity index (χ4v) is 3.04. The van der Waals surface area contributed by atoms with E-state index >= 15 is 0 Å². The molecule has 0 saturated heterocycles. The van der Waals surface area contributed by atoms with Crippen molar-refractivity contribution in [3.63, 3.8) is 0 Å². The summed E-state index contributed by atoms with van der Waals surface area (Å²) in [5.41, 5.74) is 5.15. The Kier molecular flexibility index (Phi) is 6.37. The second-order valence-corrected chi connectivity index (χ2v) is 6.92. The van der Waals surface area contributed by atoms with Crippen molar-refractivity contribution in [3.05, 3.63) is 46.8 Å². The van der Waals surface area contributed by atoms with Crippen molar-refractivity contribution in [2.45, 2.75) is 47.1 Å². The molecule has 0 fully saturated rings. The Bertz CT molecular complexity index is 716. The molecular formula is C20H30N4O. The van der Waals surface area contributed by atoms with Crippen LogP contribution < -0.4 is 10.6 Å². The third-order valence-corrected chi connectivity index (χ3v) is 4.67. The molecule has 0 saturated carbocycles. The predicted molar refractivity (Wildman–Crippen MR) is 103 cm³/mol. The van der Waals surface area contributed by atoms with E-state index in [0.717, 1.165) is 23.5 Å². The van der Waals surface area contributed by atoms with Crippen LogP contribution in [0.25, 0.3) is 0 Å². The van der Waals surface area contributed by atoms with E-state index in [0.29, 0.717) is 5.92 Å². The van der Waals surface area contributed by atoms with Crippen molar-refractivity contribution < 1.29 is 4.79 Å². The normalized spacial score (nSPS) is 12.4. The fraction of sp³-hybridized carbons (Fsp3) is 0.500. The number of rotatable bonds is 7. The van der Waals surface area contributed by atoms with Crippen LogP contribution in [0.1, 0.15) is 49.3 Å². The molecule has 0 unspecified atom stereocenters. The molecule has 0 bridgehead atoms. The Labute approximate surface area is 150 Å². The van der Waals surface area contributed by atoms with Crippen LogP contribution in [0.4, 0.5) is 5.69 Å². The first-order valence-corrected chi connectivity index (χ1v) is 8.95. The van der Waals surface area contributed by atoms with E-state index in [9.17, 15) is 4.79 Å². The van der Waals surface area contributed by atoms with Crippen LogP contribution in [0.3, 0.4) is 0 Å². The first kappa shape index (κ1) is 19.2. The lowest BCUT2D eigenvalue weighted by molar-refractivity contribution is -0.115. The molecule has 0 aliphatic carbocycles. The third-order valence-electron chi connectivity index (χ3n) is 4.67. The molecule has 5 nitrogen and oxygen atoms in total. The first-order valence-electron chi connectivity index (χ1n) is 8.95. The third kappa shape index (κ3) is 4.69. The molecule has 2 aromatic rings. The highest BCUT2D eigenvalue weighted by Crippen LogP contribution is 2.22. The van der Waals surface area contributed by atoms with Gasteiger partial charge < -0.3 is 10.6 Å². The molecule has 1 amide bonds. The fourth-order valence-electron chi connectivity index (χ4n) is 3.04. The van der Waals surface area contributed by atoms with E-state index in [1.165, 1.54) is 11.1 Å².